The third kappa shape index (κ3) is 1.09. The van der Waals surface area contributed by atoms with Gasteiger partial charge in [-0.25, -0.2) is 0 Å². The predicted octanol–water partition coefficient (Wildman–Crippen LogP) is 2.39. The van der Waals surface area contributed by atoms with E-state index in [1.165, 1.54) is 16.0 Å². The van der Waals surface area contributed by atoms with E-state index in [0.717, 1.165) is 5.52 Å². The molecule has 0 saturated carbocycles. The second kappa shape index (κ2) is 2.89. The minimum absolute atomic E-state index is 0.326. The molecule has 0 atom stereocenters. The van der Waals surface area contributed by atoms with E-state index in [0.29, 0.717) is 18.0 Å². The molecule has 3 rings (SSSR count). The molecule has 0 radical (unpaired) electrons. The monoisotopic (exact) mass is 203 g/mol. The number of para-hydroxylation sites is 1. The maximum atomic E-state index is 11.3. The Morgan fingerprint density at radius 3 is 3.07 bits per heavy atom. The van der Waals surface area contributed by atoms with Gasteiger partial charge in [0.05, 0.1) is 10.8 Å². The van der Waals surface area contributed by atoms with Gasteiger partial charge in [-0.1, -0.05) is 18.2 Å². The van der Waals surface area contributed by atoms with E-state index < -0.39 is 0 Å². The molecule has 1 N–H and O–H groups in total. The second-order valence-corrected chi connectivity index (χ2v) is 4.47. The molecule has 1 aromatic carbocycles. The molecule has 2 aromatic rings. The average Bonchev–Trinajstić information content (AvgIpc) is 2.56. The van der Waals surface area contributed by atoms with Crippen LogP contribution in [-0.4, -0.2) is 16.5 Å². The van der Waals surface area contributed by atoms with Gasteiger partial charge >= 0.3 is 0 Å². The summed E-state index contributed by atoms with van der Waals surface area (Å²) >= 11 is 1.62. The number of Topliss-reactive ketones (excluding diaryl/α,β-unsaturated/α-hetero) is 1. The third-order valence-electron chi connectivity index (χ3n) is 2.53. The molecule has 1 aliphatic rings. The molecule has 3 heteroatoms. The van der Waals surface area contributed by atoms with Crippen molar-refractivity contribution in [2.45, 2.75) is 11.4 Å². The molecule has 1 aliphatic heterocycles. The molecule has 2 nitrogen and oxygen atoms in total. The van der Waals surface area contributed by atoms with E-state index in [-0.39, 0.29) is 0 Å². The number of hydrogen-bond donors (Lipinski definition) is 1. The lowest BCUT2D eigenvalue weighted by Gasteiger charge is -2.08. The molecule has 0 saturated heterocycles. The molecule has 14 heavy (non-hydrogen) atoms. The number of thioether (sulfide) groups is 1. The van der Waals surface area contributed by atoms with Gasteiger partial charge in [0.1, 0.15) is 5.78 Å². The van der Waals surface area contributed by atoms with Gasteiger partial charge in [0.2, 0.25) is 0 Å². The maximum absolute atomic E-state index is 11.3. The number of H-pyrrole nitrogens is 1. The summed E-state index contributed by atoms with van der Waals surface area (Å²) in [5.41, 5.74) is 2.32. The zero-order chi connectivity index (χ0) is 9.54. The summed E-state index contributed by atoms with van der Waals surface area (Å²) in [4.78, 5) is 14.7. The van der Waals surface area contributed by atoms with Crippen LogP contribution in [0.15, 0.2) is 29.3 Å². The normalized spacial score (nSPS) is 15.9. The van der Waals surface area contributed by atoms with E-state index in [1.807, 2.05) is 12.1 Å². The number of carbonyl (C=O) groups excluding carboxylic acids is 1. The zero-order valence-electron chi connectivity index (χ0n) is 7.54. The molecule has 2 heterocycles. The maximum Gasteiger partial charge on any atom is 0.147 e. The largest absolute Gasteiger partial charge is 0.349 e. The Bertz CT molecular complexity index is 515. The highest BCUT2D eigenvalue weighted by Gasteiger charge is 2.20. The van der Waals surface area contributed by atoms with E-state index in [9.17, 15) is 4.79 Å². The van der Waals surface area contributed by atoms with Crippen molar-refractivity contribution in [2.75, 3.05) is 5.75 Å². The summed E-state index contributed by atoms with van der Waals surface area (Å²) in [5.74, 6) is 0.937. The number of aromatic amines is 1. The Morgan fingerprint density at radius 1 is 1.29 bits per heavy atom. The van der Waals surface area contributed by atoms with Crippen molar-refractivity contribution < 1.29 is 4.79 Å². The number of fused-ring (bicyclic) bond motifs is 3. The van der Waals surface area contributed by atoms with Crippen LogP contribution in [0, 0.1) is 0 Å². The van der Waals surface area contributed by atoms with Gasteiger partial charge in [-0.05, 0) is 11.6 Å². The first kappa shape index (κ1) is 8.12. The predicted molar refractivity (Wildman–Crippen MR) is 57.7 cm³/mol. The first-order valence-corrected chi connectivity index (χ1v) is 5.57. The number of hydrogen-bond acceptors (Lipinski definition) is 2. The Morgan fingerprint density at radius 2 is 2.14 bits per heavy atom. The van der Waals surface area contributed by atoms with Crippen molar-refractivity contribution >= 4 is 28.4 Å². The number of nitrogens with one attached hydrogen (secondary N) is 1. The van der Waals surface area contributed by atoms with Crippen LogP contribution >= 0.6 is 11.8 Å². The van der Waals surface area contributed by atoms with E-state index in [1.54, 1.807) is 11.8 Å². The molecule has 70 valence electrons. The average molecular weight is 203 g/mol. The van der Waals surface area contributed by atoms with Gasteiger partial charge in [-0.15, -0.1) is 11.8 Å². The topological polar surface area (TPSA) is 32.9 Å². The molecule has 0 amide bonds. The SMILES string of the molecule is O=C1CSc2[nH]c3ccccc3c2C1. The van der Waals surface area contributed by atoms with E-state index in [2.05, 4.69) is 17.1 Å². The van der Waals surface area contributed by atoms with Crippen LogP contribution in [0.2, 0.25) is 0 Å². The van der Waals surface area contributed by atoms with E-state index in [4.69, 9.17) is 0 Å². The first-order valence-electron chi connectivity index (χ1n) is 4.58. The Balaban J connectivity index is 2.30. The van der Waals surface area contributed by atoms with Gasteiger partial charge < -0.3 is 4.98 Å². The summed E-state index contributed by atoms with van der Waals surface area (Å²) in [5, 5.41) is 2.37. The van der Waals surface area contributed by atoms with Crippen LogP contribution in [-0.2, 0) is 11.2 Å². The van der Waals surface area contributed by atoms with Gasteiger partial charge in [0, 0.05) is 17.3 Å². The number of ketones is 1. The summed E-state index contributed by atoms with van der Waals surface area (Å²) in [6.45, 7) is 0. The standard InChI is InChI=1S/C11H9NOS/c13-7-5-9-8-3-1-2-4-10(8)12-11(9)14-6-7/h1-4,12H,5-6H2. The van der Waals surface area contributed by atoms with Crippen molar-refractivity contribution in [3.8, 4) is 0 Å². The summed E-state index contributed by atoms with van der Waals surface area (Å²) < 4.78 is 0. The van der Waals surface area contributed by atoms with Crippen LogP contribution in [0.4, 0.5) is 0 Å². The Labute approximate surface area is 85.7 Å². The fraction of sp³-hybridized carbons (Fsp3) is 0.182. The molecule has 1 aromatic heterocycles. The molecule has 0 bridgehead atoms. The van der Waals surface area contributed by atoms with E-state index >= 15 is 0 Å². The molecular weight excluding hydrogens is 194 g/mol. The lowest BCUT2D eigenvalue weighted by Crippen LogP contribution is -2.10. The molecule has 0 fully saturated rings. The zero-order valence-corrected chi connectivity index (χ0v) is 8.36. The highest BCUT2D eigenvalue weighted by Crippen LogP contribution is 2.33. The highest BCUT2D eigenvalue weighted by molar-refractivity contribution is 8.00. The molecule has 0 unspecified atom stereocenters. The quantitative estimate of drug-likeness (QED) is 0.713. The van der Waals surface area contributed by atoms with Crippen LogP contribution in [0.25, 0.3) is 10.9 Å². The number of benzene rings is 1. The number of rotatable bonds is 0. The van der Waals surface area contributed by atoms with Crippen molar-refractivity contribution in [1.82, 2.24) is 4.98 Å². The fourth-order valence-corrected chi connectivity index (χ4v) is 2.82. The van der Waals surface area contributed by atoms with Gasteiger partial charge in [0.15, 0.2) is 0 Å². The smallest absolute Gasteiger partial charge is 0.147 e. The highest BCUT2D eigenvalue weighted by atomic mass is 32.2. The lowest BCUT2D eigenvalue weighted by molar-refractivity contribution is -0.116. The Kier molecular flexibility index (Phi) is 1.67. The number of aromatic nitrogens is 1. The fourth-order valence-electron chi connectivity index (χ4n) is 1.87. The van der Waals surface area contributed by atoms with Crippen LogP contribution in [0.1, 0.15) is 5.56 Å². The van der Waals surface area contributed by atoms with Gasteiger partial charge in [-0.2, -0.15) is 0 Å². The van der Waals surface area contributed by atoms with Gasteiger partial charge in [-0.3, -0.25) is 4.79 Å². The molecule has 0 aliphatic carbocycles. The molecule has 0 spiro atoms. The summed E-state index contributed by atoms with van der Waals surface area (Å²) in [7, 11) is 0. The summed E-state index contributed by atoms with van der Waals surface area (Å²) in [6.07, 6.45) is 0.590. The lowest BCUT2D eigenvalue weighted by atomic mass is 10.1. The van der Waals surface area contributed by atoms with Crippen LogP contribution in [0.5, 0.6) is 0 Å². The van der Waals surface area contributed by atoms with Crippen molar-refractivity contribution in [2.24, 2.45) is 0 Å². The van der Waals surface area contributed by atoms with Crippen molar-refractivity contribution in [3.05, 3.63) is 29.8 Å². The Hall–Kier alpha value is -1.22. The van der Waals surface area contributed by atoms with Crippen molar-refractivity contribution in [1.29, 1.82) is 0 Å². The first-order chi connectivity index (χ1) is 6.84. The number of carbonyl (C=O) groups is 1. The third-order valence-corrected chi connectivity index (χ3v) is 3.63. The summed E-state index contributed by atoms with van der Waals surface area (Å²) in [6, 6.07) is 8.15. The molecular formula is C11H9NOS. The second-order valence-electron chi connectivity index (χ2n) is 3.48. The minimum atomic E-state index is 0.326. The van der Waals surface area contributed by atoms with Gasteiger partial charge in [0.25, 0.3) is 0 Å². The minimum Gasteiger partial charge on any atom is -0.349 e. The van der Waals surface area contributed by atoms with Crippen molar-refractivity contribution in [3.63, 3.8) is 0 Å². The van der Waals surface area contributed by atoms with Crippen LogP contribution < -0.4 is 0 Å². The van der Waals surface area contributed by atoms with Crippen LogP contribution in [0.3, 0.4) is 0 Å².